The maximum absolute atomic E-state index is 11.0. The number of ether oxygens (including phenoxy) is 1. The molecular formula is C15H27NO3Si. The number of carbonyl (C=O) groups is 1. The number of benzene rings is 1. The highest BCUT2D eigenvalue weighted by atomic mass is 28.4. The molecule has 1 aromatic carbocycles. The summed E-state index contributed by atoms with van der Waals surface area (Å²) in [4.78, 5) is 11.0. The molecule has 0 fully saturated rings. The summed E-state index contributed by atoms with van der Waals surface area (Å²) in [6.45, 7) is 9.48. The van der Waals surface area contributed by atoms with E-state index in [0.717, 1.165) is 12.2 Å². The van der Waals surface area contributed by atoms with E-state index in [-0.39, 0.29) is 5.97 Å². The number of rotatable bonds is 5. The normalized spacial score (nSPS) is 12.1. The maximum Gasteiger partial charge on any atom is 0.322 e. The number of nitrogens with two attached hydrogens (primary N) is 1. The highest BCUT2D eigenvalue weighted by molar-refractivity contribution is 6.69. The molecule has 1 rings (SSSR count). The van der Waals surface area contributed by atoms with Crippen molar-refractivity contribution in [2.24, 2.45) is 5.73 Å². The van der Waals surface area contributed by atoms with Crippen LogP contribution in [0.5, 0.6) is 0 Å². The number of carbonyl (C=O) groups excluding carboxylic acids is 1. The first-order valence-corrected chi connectivity index (χ1v) is 10.2. The van der Waals surface area contributed by atoms with Crippen LogP contribution in [0.1, 0.15) is 12.5 Å². The van der Waals surface area contributed by atoms with E-state index < -0.39 is 14.4 Å². The molecule has 0 aliphatic rings. The van der Waals surface area contributed by atoms with Crippen molar-refractivity contribution in [2.75, 3.05) is 13.7 Å². The number of esters is 1. The summed E-state index contributed by atoms with van der Waals surface area (Å²) < 4.78 is 9.89. The van der Waals surface area contributed by atoms with E-state index in [1.165, 1.54) is 7.11 Å². The van der Waals surface area contributed by atoms with Gasteiger partial charge in [-0.15, -0.1) is 0 Å². The molecule has 0 aliphatic heterocycles. The van der Waals surface area contributed by atoms with Gasteiger partial charge in [0.1, 0.15) is 6.04 Å². The van der Waals surface area contributed by atoms with Crippen LogP contribution in [0.25, 0.3) is 0 Å². The first kappa shape index (κ1) is 18.8. The van der Waals surface area contributed by atoms with Gasteiger partial charge >= 0.3 is 5.97 Å². The van der Waals surface area contributed by atoms with Gasteiger partial charge in [-0.3, -0.25) is 4.79 Å². The van der Waals surface area contributed by atoms with E-state index in [2.05, 4.69) is 24.4 Å². The van der Waals surface area contributed by atoms with Crippen LogP contribution < -0.4 is 5.73 Å². The lowest BCUT2D eigenvalue weighted by Crippen LogP contribution is -2.33. The van der Waals surface area contributed by atoms with Gasteiger partial charge in [-0.05, 0) is 38.5 Å². The SMILES string of the molecule is CCO[Si](C)(C)C.COC(=O)C(N)Cc1ccccc1. The predicted octanol–water partition coefficient (Wildman–Crippen LogP) is 2.59. The zero-order valence-electron chi connectivity index (χ0n) is 13.2. The average Bonchev–Trinajstić information content (AvgIpc) is 2.38. The smallest absolute Gasteiger partial charge is 0.322 e. The predicted molar refractivity (Wildman–Crippen MR) is 85.1 cm³/mol. The van der Waals surface area contributed by atoms with Crippen molar-refractivity contribution in [3.63, 3.8) is 0 Å². The van der Waals surface area contributed by atoms with Crippen molar-refractivity contribution in [1.29, 1.82) is 0 Å². The molecule has 0 radical (unpaired) electrons. The second-order valence-electron chi connectivity index (χ2n) is 5.36. The second kappa shape index (κ2) is 9.69. The molecule has 0 bridgehead atoms. The largest absolute Gasteiger partial charge is 0.468 e. The molecule has 0 amide bonds. The lowest BCUT2D eigenvalue weighted by atomic mass is 10.1. The van der Waals surface area contributed by atoms with Crippen molar-refractivity contribution in [3.05, 3.63) is 35.9 Å². The van der Waals surface area contributed by atoms with Crippen LogP contribution in [0.3, 0.4) is 0 Å². The summed E-state index contributed by atoms with van der Waals surface area (Å²) in [7, 11) is 0.183. The van der Waals surface area contributed by atoms with Gasteiger partial charge in [-0.2, -0.15) is 0 Å². The van der Waals surface area contributed by atoms with Gasteiger partial charge in [-0.1, -0.05) is 30.3 Å². The number of hydrogen-bond donors (Lipinski definition) is 1. The van der Waals surface area contributed by atoms with Gasteiger partial charge in [0.15, 0.2) is 8.32 Å². The van der Waals surface area contributed by atoms with Crippen molar-refractivity contribution in [2.45, 2.75) is 39.0 Å². The van der Waals surface area contributed by atoms with E-state index in [9.17, 15) is 4.79 Å². The third-order valence-corrected chi connectivity index (χ3v) is 3.53. The first-order valence-electron chi connectivity index (χ1n) is 6.81. The Hall–Kier alpha value is -1.17. The highest BCUT2D eigenvalue weighted by Crippen LogP contribution is 2.02. The molecule has 114 valence electrons. The monoisotopic (exact) mass is 297 g/mol. The third-order valence-electron chi connectivity index (χ3n) is 2.38. The van der Waals surface area contributed by atoms with E-state index in [1.54, 1.807) is 0 Å². The Morgan fingerprint density at radius 3 is 2.15 bits per heavy atom. The molecule has 0 aliphatic carbocycles. The molecule has 0 saturated heterocycles. The number of methoxy groups -OCH3 is 1. The van der Waals surface area contributed by atoms with E-state index in [0.29, 0.717) is 6.42 Å². The van der Waals surface area contributed by atoms with Gasteiger partial charge < -0.3 is 14.9 Å². The van der Waals surface area contributed by atoms with Crippen molar-refractivity contribution >= 4 is 14.3 Å². The molecule has 2 N–H and O–H groups in total. The van der Waals surface area contributed by atoms with Crippen LogP contribution in [0.15, 0.2) is 30.3 Å². The van der Waals surface area contributed by atoms with Gasteiger partial charge in [0.25, 0.3) is 0 Å². The Morgan fingerprint density at radius 1 is 1.25 bits per heavy atom. The molecule has 0 saturated carbocycles. The van der Waals surface area contributed by atoms with Crippen LogP contribution >= 0.6 is 0 Å². The quantitative estimate of drug-likeness (QED) is 0.670. The molecule has 5 heteroatoms. The Balaban J connectivity index is 0.000000441. The van der Waals surface area contributed by atoms with E-state index in [1.807, 2.05) is 37.3 Å². The van der Waals surface area contributed by atoms with Crippen LogP contribution in [-0.4, -0.2) is 34.0 Å². The zero-order chi connectivity index (χ0) is 15.6. The lowest BCUT2D eigenvalue weighted by Gasteiger charge is -2.14. The molecule has 0 aromatic heterocycles. The average molecular weight is 297 g/mol. The van der Waals surface area contributed by atoms with E-state index in [4.69, 9.17) is 10.2 Å². The molecule has 0 heterocycles. The summed E-state index contributed by atoms with van der Waals surface area (Å²) in [6, 6.07) is 9.06. The van der Waals surface area contributed by atoms with Crippen LogP contribution in [-0.2, 0) is 20.4 Å². The van der Waals surface area contributed by atoms with Gasteiger partial charge in [0.05, 0.1) is 7.11 Å². The molecule has 20 heavy (non-hydrogen) atoms. The van der Waals surface area contributed by atoms with Gasteiger partial charge in [0.2, 0.25) is 0 Å². The fourth-order valence-corrected chi connectivity index (χ4v) is 2.40. The van der Waals surface area contributed by atoms with E-state index >= 15 is 0 Å². The fourth-order valence-electron chi connectivity index (χ4n) is 1.54. The summed E-state index contributed by atoms with van der Waals surface area (Å²) in [5.41, 5.74) is 6.63. The lowest BCUT2D eigenvalue weighted by molar-refractivity contribution is -0.142. The minimum absolute atomic E-state index is 0.371. The summed E-state index contributed by atoms with van der Waals surface area (Å²) >= 11 is 0. The Morgan fingerprint density at radius 2 is 1.80 bits per heavy atom. The summed E-state index contributed by atoms with van der Waals surface area (Å²) in [5.74, 6) is -0.371. The molecule has 1 unspecified atom stereocenters. The highest BCUT2D eigenvalue weighted by Gasteiger charge is 2.13. The minimum atomic E-state index is -1.16. The first-order chi connectivity index (χ1) is 9.30. The topological polar surface area (TPSA) is 61.5 Å². The van der Waals surface area contributed by atoms with Crippen LogP contribution in [0.4, 0.5) is 0 Å². The summed E-state index contributed by atoms with van der Waals surface area (Å²) in [6.07, 6.45) is 0.521. The third kappa shape index (κ3) is 9.72. The van der Waals surface area contributed by atoms with Gasteiger partial charge in [-0.25, -0.2) is 0 Å². The zero-order valence-corrected chi connectivity index (χ0v) is 14.2. The van der Waals surface area contributed by atoms with Crippen molar-refractivity contribution < 1.29 is 14.0 Å². The second-order valence-corrected chi connectivity index (χ2v) is 9.88. The molecular weight excluding hydrogens is 270 g/mol. The van der Waals surface area contributed by atoms with Crippen LogP contribution in [0, 0.1) is 0 Å². The maximum atomic E-state index is 11.0. The summed E-state index contributed by atoms with van der Waals surface area (Å²) in [5, 5.41) is 0. The molecule has 1 atom stereocenters. The van der Waals surface area contributed by atoms with Crippen molar-refractivity contribution in [3.8, 4) is 0 Å². The molecule has 0 spiro atoms. The molecule has 1 aromatic rings. The number of hydrogen-bond acceptors (Lipinski definition) is 4. The Bertz CT molecular complexity index is 376. The fraction of sp³-hybridized carbons (Fsp3) is 0.533. The Labute approximate surface area is 123 Å². The minimum Gasteiger partial charge on any atom is -0.468 e. The standard InChI is InChI=1S/C10H13NO2.C5H14OSi/c1-13-10(12)9(11)7-8-5-3-2-4-6-8;1-5-6-7(2,3)4/h2-6,9H,7,11H2,1H3;5H2,1-4H3. The van der Waals surface area contributed by atoms with Crippen molar-refractivity contribution in [1.82, 2.24) is 0 Å². The Kier molecular flexibility index (Phi) is 9.12. The molecule has 4 nitrogen and oxygen atoms in total. The van der Waals surface area contributed by atoms with Crippen LogP contribution in [0.2, 0.25) is 19.6 Å². The van der Waals surface area contributed by atoms with Gasteiger partial charge in [0, 0.05) is 6.61 Å².